The van der Waals surface area contributed by atoms with Crippen molar-refractivity contribution in [1.29, 1.82) is 5.26 Å². The Balaban J connectivity index is 2.32. The van der Waals surface area contributed by atoms with Gasteiger partial charge in [-0.3, -0.25) is 4.98 Å². The van der Waals surface area contributed by atoms with E-state index in [0.717, 1.165) is 16.4 Å². The fraction of sp³-hybridized carbons (Fsp3) is 0.333. The molecule has 0 unspecified atom stereocenters. The van der Waals surface area contributed by atoms with Crippen LogP contribution in [0.15, 0.2) is 12.4 Å². The zero-order valence-electron chi connectivity index (χ0n) is 6.83. The lowest BCUT2D eigenvalue weighted by atomic mass is 10.3. The van der Waals surface area contributed by atoms with E-state index in [1.54, 1.807) is 12.4 Å². The predicted octanol–water partition coefficient (Wildman–Crippen LogP) is 2.10. The topological polar surface area (TPSA) is 45.9 Å². The molecule has 1 aromatic rings. The third-order valence-electron chi connectivity index (χ3n) is 1.79. The van der Waals surface area contributed by atoms with E-state index in [9.17, 15) is 0 Å². The Morgan fingerprint density at radius 3 is 2.92 bits per heavy atom. The molecule has 2 rings (SSSR count). The van der Waals surface area contributed by atoms with Crippen molar-refractivity contribution in [2.45, 2.75) is 18.9 Å². The van der Waals surface area contributed by atoms with Gasteiger partial charge in [-0.1, -0.05) is 0 Å². The summed E-state index contributed by atoms with van der Waals surface area (Å²) in [5, 5.41) is 8.87. The molecule has 0 amide bonds. The second-order valence-electron chi connectivity index (χ2n) is 2.92. The first-order valence-electron chi connectivity index (χ1n) is 4.01. The minimum atomic E-state index is 0.312. The number of hydrogen-bond acceptors (Lipinski definition) is 3. The zero-order valence-corrected chi connectivity index (χ0v) is 8.98. The van der Waals surface area contributed by atoms with Crippen LogP contribution in [-0.2, 0) is 0 Å². The second kappa shape index (κ2) is 3.50. The normalized spacial score (nSPS) is 15.1. The molecule has 4 heteroatoms. The molecule has 1 fully saturated rings. The largest absolute Gasteiger partial charge is 0.487 e. The van der Waals surface area contributed by atoms with Crippen LogP contribution in [0.2, 0.25) is 0 Å². The van der Waals surface area contributed by atoms with E-state index in [1.807, 2.05) is 0 Å². The first-order chi connectivity index (χ1) is 6.31. The van der Waals surface area contributed by atoms with Crippen LogP contribution in [0, 0.1) is 14.9 Å². The zero-order chi connectivity index (χ0) is 9.26. The molecule has 13 heavy (non-hydrogen) atoms. The first-order valence-corrected chi connectivity index (χ1v) is 5.09. The highest BCUT2D eigenvalue weighted by molar-refractivity contribution is 14.1. The molecule has 1 aliphatic rings. The Kier molecular flexibility index (Phi) is 2.36. The molecule has 1 aromatic heterocycles. The number of nitriles is 1. The maximum absolute atomic E-state index is 8.87. The van der Waals surface area contributed by atoms with E-state index in [4.69, 9.17) is 10.00 Å². The Labute approximate surface area is 89.9 Å². The molecule has 0 N–H and O–H groups in total. The summed E-state index contributed by atoms with van der Waals surface area (Å²) in [4.78, 5) is 3.99. The van der Waals surface area contributed by atoms with Gasteiger partial charge in [0.05, 0.1) is 15.9 Å². The first kappa shape index (κ1) is 8.75. The van der Waals surface area contributed by atoms with Gasteiger partial charge in [0.15, 0.2) is 5.75 Å². The van der Waals surface area contributed by atoms with Crippen molar-refractivity contribution in [3.63, 3.8) is 0 Å². The third kappa shape index (κ3) is 1.91. The van der Waals surface area contributed by atoms with Crippen molar-refractivity contribution in [2.75, 3.05) is 0 Å². The molecule has 0 aromatic carbocycles. The Bertz CT molecular complexity index is 368. The second-order valence-corrected chi connectivity index (χ2v) is 4.09. The molecule has 1 aliphatic carbocycles. The van der Waals surface area contributed by atoms with E-state index in [1.165, 1.54) is 0 Å². The van der Waals surface area contributed by atoms with Gasteiger partial charge in [0, 0.05) is 6.20 Å². The smallest absolute Gasteiger partial charge is 0.156 e. The SMILES string of the molecule is N#Cc1c(I)cncc1OC1CC1. The number of hydrogen-bond donors (Lipinski definition) is 0. The summed E-state index contributed by atoms with van der Waals surface area (Å²) >= 11 is 2.09. The van der Waals surface area contributed by atoms with Crippen LogP contribution < -0.4 is 4.74 Å². The van der Waals surface area contributed by atoms with Gasteiger partial charge in [0.1, 0.15) is 11.6 Å². The van der Waals surface area contributed by atoms with Crippen molar-refractivity contribution in [2.24, 2.45) is 0 Å². The van der Waals surface area contributed by atoms with Gasteiger partial charge in [-0.25, -0.2) is 0 Å². The fourth-order valence-corrected chi connectivity index (χ4v) is 1.53. The molecule has 1 saturated carbocycles. The monoisotopic (exact) mass is 286 g/mol. The quantitative estimate of drug-likeness (QED) is 0.782. The van der Waals surface area contributed by atoms with Crippen molar-refractivity contribution in [1.82, 2.24) is 4.98 Å². The average Bonchev–Trinajstić information content (AvgIpc) is 2.89. The number of pyridine rings is 1. The molecule has 0 spiro atoms. The van der Waals surface area contributed by atoms with Gasteiger partial charge in [-0.05, 0) is 35.4 Å². The van der Waals surface area contributed by atoms with Crippen LogP contribution >= 0.6 is 22.6 Å². The predicted molar refractivity (Wildman–Crippen MR) is 55.3 cm³/mol. The van der Waals surface area contributed by atoms with Crippen LogP contribution in [0.25, 0.3) is 0 Å². The maximum atomic E-state index is 8.87. The van der Waals surface area contributed by atoms with Gasteiger partial charge in [-0.2, -0.15) is 5.26 Å². The summed E-state index contributed by atoms with van der Waals surface area (Å²) in [5.41, 5.74) is 0.600. The molecule has 0 atom stereocenters. The lowest BCUT2D eigenvalue weighted by Gasteiger charge is -2.05. The highest BCUT2D eigenvalue weighted by Gasteiger charge is 2.25. The van der Waals surface area contributed by atoms with E-state index in [2.05, 4.69) is 33.6 Å². The number of rotatable bonds is 2. The maximum Gasteiger partial charge on any atom is 0.156 e. The minimum absolute atomic E-state index is 0.312. The van der Waals surface area contributed by atoms with Crippen molar-refractivity contribution in [3.8, 4) is 11.8 Å². The average molecular weight is 286 g/mol. The van der Waals surface area contributed by atoms with Crippen molar-refractivity contribution >= 4 is 22.6 Å². The number of ether oxygens (including phenoxy) is 1. The molecule has 1 heterocycles. The summed E-state index contributed by atoms with van der Waals surface area (Å²) in [5.74, 6) is 0.622. The lowest BCUT2D eigenvalue weighted by Crippen LogP contribution is -2.00. The van der Waals surface area contributed by atoms with Gasteiger partial charge < -0.3 is 4.74 Å². The number of nitrogens with zero attached hydrogens (tertiary/aromatic N) is 2. The molecule has 3 nitrogen and oxygen atoms in total. The van der Waals surface area contributed by atoms with E-state index >= 15 is 0 Å². The summed E-state index contributed by atoms with van der Waals surface area (Å²) in [7, 11) is 0. The fourth-order valence-electron chi connectivity index (χ4n) is 0.981. The van der Waals surface area contributed by atoms with Crippen molar-refractivity contribution < 1.29 is 4.74 Å². The molecule has 0 radical (unpaired) electrons. The lowest BCUT2D eigenvalue weighted by molar-refractivity contribution is 0.301. The Morgan fingerprint density at radius 2 is 2.31 bits per heavy atom. The van der Waals surface area contributed by atoms with Crippen LogP contribution in [-0.4, -0.2) is 11.1 Å². The van der Waals surface area contributed by atoms with Crippen molar-refractivity contribution in [3.05, 3.63) is 21.5 Å². The molecule has 0 saturated heterocycles. The highest BCUT2D eigenvalue weighted by Crippen LogP contribution is 2.29. The molecule has 0 aliphatic heterocycles. The van der Waals surface area contributed by atoms with E-state index in [-0.39, 0.29) is 0 Å². The third-order valence-corrected chi connectivity index (χ3v) is 2.61. The van der Waals surface area contributed by atoms with E-state index in [0.29, 0.717) is 17.4 Å². The van der Waals surface area contributed by atoms with Gasteiger partial charge >= 0.3 is 0 Å². The summed E-state index contributed by atoms with van der Waals surface area (Å²) in [6, 6.07) is 2.12. The van der Waals surface area contributed by atoms with Crippen LogP contribution in [0.3, 0.4) is 0 Å². The summed E-state index contributed by atoms with van der Waals surface area (Å²) in [6.45, 7) is 0. The Morgan fingerprint density at radius 1 is 1.54 bits per heavy atom. The number of aromatic nitrogens is 1. The van der Waals surface area contributed by atoms with Gasteiger partial charge in [-0.15, -0.1) is 0 Å². The molecular weight excluding hydrogens is 279 g/mol. The van der Waals surface area contributed by atoms with Gasteiger partial charge in [0.25, 0.3) is 0 Å². The minimum Gasteiger partial charge on any atom is -0.487 e. The van der Waals surface area contributed by atoms with Crippen LogP contribution in [0.4, 0.5) is 0 Å². The molecule has 0 bridgehead atoms. The van der Waals surface area contributed by atoms with Crippen LogP contribution in [0.1, 0.15) is 18.4 Å². The van der Waals surface area contributed by atoms with Gasteiger partial charge in [0.2, 0.25) is 0 Å². The van der Waals surface area contributed by atoms with E-state index < -0.39 is 0 Å². The Hall–Kier alpha value is -0.830. The molecular formula is C9H7IN2O. The summed E-state index contributed by atoms with van der Waals surface area (Å²) in [6.07, 6.45) is 5.78. The standard InChI is InChI=1S/C9H7IN2O/c10-8-4-12-5-9(7(8)3-11)13-6-1-2-6/h4-6H,1-2H2. The highest BCUT2D eigenvalue weighted by atomic mass is 127. The number of halogens is 1. The summed E-state index contributed by atoms with van der Waals surface area (Å²) < 4.78 is 6.38. The molecule has 66 valence electrons. The van der Waals surface area contributed by atoms with Crippen LogP contribution in [0.5, 0.6) is 5.75 Å².